The minimum atomic E-state index is 0.0983. The van der Waals surface area contributed by atoms with Gasteiger partial charge < -0.3 is 4.79 Å². The van der Waals surface area contributed by atoms with Crippen LogP contribution in [0.1, 0.15) is 96.8 Å². The highest BCUT2D eigenvalue weighted by atomic mass is 16.1. The van der Waals surface area contributed by atoms with Crippen molar-refractivity contribution in [1.82, 2.24) is 0 Å². The van der Waals surface area contributed by atoms with Crippen LogP contribution >= 0.6 is 0 Å². The maximum absolute atomic E-state index is 11.2. The second-order valence-electron chi connectivity index (χ2n) is 6.27. The van der Waals surface area contributed by atoms with Crippen molar-refractivity contribution in [1.29, 1.82) is 0 Å². The summed E-state index contributed by atoms with van der Waals surface area (Å²) in [6.07, 6.45) is 19.7. The first-order valence-electron chi connectivity index (χ1n) is 8.29. The summed E-state index contributed by atoms with van der Waals surface area (Å²) in [5, 5.41) is 0. The second kappa shape index (κ2) is 9.58. The van der Waals surface area contributed by atoms with Crippen LogP contribution in [-0.4, -0.2) is 6.29 Å². The molecule has 1 nitrogen and oxygen atoms in total. The molecule has 0 amide bonds. The Morgan fingerprint density at radius 2 is 1.33 bits per heavy atom. The van der Waals surface area contributed by atoms with E-state index in [1.807, 2.05) is 0 Å². The number of hydrogen-bond donors (Lipinski definition) is 0. The maximum atomic E-state index is 11.2. The molecular weight excluding hydrogens is 220 g/mol. The Kier molecular flexibility index (Phi) is 8.37. The lowest BCUT2D eigenvalue weighted by Crippen LogP contribution is -2.17. The zero-order valence-electron chi connectivity index (χ0n) is 12.4. The summed E-state index contributed by atoms with van der Waals surface area (Å²) in [5.41, 5.74) is 0.0983. The number of hydrogen-bond acceptors (Lipinski definition) is 1. The molecular formula is C17H32O. The van der Waals surface area contributed by atoms with E-state index in [0.29, 0.717) is 0 Å². The minimum Gasteiger partial charge on any atom is -0.303 e. The number of rotatable bonds is 11. The molecule has 0 saturated heterocycles. The number of carbonyl (C=O) groups is 1. The molecule has 0 heterocycles. The summed E-state index contributed by atoms with van der Waals surface area (Å²) < 4.78 is 0. The third-order valence-electron chi connectivity index (χ3n) is 4.63. The van der Waals surface area contributed by atoms with E-state index in [9.17, 15) is 4.79 Å². The van der Waals surface area contributed by atoms with Crippen molar-refractivity contribution in [3.63, 3.8) is 0 Å². The molecule has 0 aromatic carbocycles. The first kappa shape index (κ1) is 15.7. The van der Waals surface area contributed by atoms with Crippen molar-refractivity contribution in [2.75, 3.05) is 0 Å². The summed E-state index contributed by atoms with van der Waals surface area (Å²) in [6.45, 7) is 2.27. The van der Waals surface area contributed by atoms with E-state index in [-0.39, 0.29) is 5.41 Å². The summed E-state index contributed by atoms with van der Waals surface area (Å²) in [7, 11) is 0. The van der Waals surface area contributed by atoms with Crippen LogP contribution in [0.2, 0.25) is 0 Å². The smallest absolute Gasteiger partial charge is 0.126 e. The molecule has 1 fully saturated rings. The van der Waals surface area contributed by atoms with Gasteiger partial charge in [0.2, 0.25) is 0 Å². The largest absolute Gasteiger partial charge is 0.303 e. The third-order valence-corrected chi connectivity index (χ3v) is 4.63. The molecule has 1 saturated carbocycles. The summed E-state index contributed by atoms with van der Waals surface area (Å²) in [5.74, 6) is 0. The van der Waals surface area contributed by atoms with Crippen molar-refractivity contribution in [2.24, 2.45) is 5.41 Å². The van der Waals surface area contributed by atoms with E-state index in [4.69, 9.17) is 0 Å². The van der Waals surface area contributed by atoms with Crippen LogP contribution < -0.4 is 0 Å². The molecule has 0 N–H and O–H groups in total. The number of carbonyl (C=O) groups excluding carboxylic acids is 1. The molecule has 1 aliphatic carbocycles. The Bertz CT molecular complexity index is 204. The molecule has 1 rings (SSSR count). The average Bonchev–Trinajstić information content (AvgIpc) is 2.86. The summed E-state index contributed by atoms with van der Waals surface area (Å²) >= 11 is 0. The van der Waals surface area contributed by atoms with Gasteiger partial charge in [-0.2, -0.15) is 0 Å². The molecule has 0 atom stereocenters. The van der Waals surface area contributed by atoms with Crippen LogP contribution in [0.15, 0.2) is 0 Å². The maximum Gasteiger partial charge on any atom is 0.126 e. The van der Waals surface area contributed by atoms with E-state index >= 15 is 0 Å². The van der Waals surface area contributed by atoms with Crippen molar-refractivity contribution >= 4 is 6.29 Å². The van der Waals surface area contributed by atoms with Gasteiger partial charge in [-0.1, -0.05) is 77.6 Å². The van der Waals surface area contributed by atoms with Gasteiger partial charge in [-0.3, -0.25) is 0 Å². The molecule has 0 unspecified atom stereocenters. The first-order chi connectivity index (χ1) is 8.83. The lowest BCUT2D eigenvalue weighted by atomic mass is 9.82. The molecule has 106 valence electrons. The van der Waals surface area contributed by atoms with Crippen LogP contribution in [0.4, 0.5) is 0 Å². The molecule has 1 heteroatoms. The van der Waals surface area contributed by atoms with Gasteiger partial charge in [-0.15, -0.1) is 0 Å². The van der Waals surface area contributed by atoms with Crippen molar-refractivity contribution in [3.05, 3.63) is 0 Å². The van der Waals surface area contributed by atoms with E-state index in [1.54, 1.807) is 0 Å². The Hall–Kier alpha value is -0.330. The van der Waals surface area contributed by atoms with Gasteiger partial charge in [-0.05, 0) is 19.3 Å². The molecule has 0 spiro atoms. The van der Waals surface area contributed by atoms with Gasteiger partial charge >= 0.3 is 0 Å². The fourth-order valence-corrected chi connectivity index (χ4v) is 3.29. The van der Waals surface area contributed by atoms with Crippen LogP contribution in [0.5, 0.6) is 0 Å². The topological polar surface area (TPSA) is 17.1 Å². The predicted octanol–water partition coefficient (Wildman–Crippen LogP) is 5.67. The lowest BCUT2D eigenvalue weighted by Gasteiger charge is -2.21. The SMILES string of the molecule is CCCCCCCCCCCC1(C=O)CCCC1. The molecule has 0 aromatic heterocycles. The molecule has 0 radical (unpaired) electrons. The lowest BCUT2D eigenvalue weighted by molar-refractivity contribution is -0.116. The third kappa shape index (κ3) is 6.02. The number of aldehydes is 1. The molecule has 0 aliphatic heterocycles. The average molecular weight is 252 g/mol. The fourth-order valence-electron chi connectivity index (χ4n) is 3.29. The van der Waals surface area contributed by atoms with Gasteiger partial charge in [0.25, 0.3) is 0 Å². The standard InChI is InChI=1S/C17H32O/c1-2-3-4-5-6-7-8-9-10-13-17(16-18)14-11-12-15-17/h16H,2-15H2,1H3. The monoisotopic (exact) mass is 252 g/mol. The van der Waals surface area contributed by atoms with E-state index in [1.165, 1.54) is 76.9 Å². The van der Waals surface area contributed by atoms with Gasteiger partial charge in [0.05, 0.1) is 0 Å². The number of unbranched alkanes of at least 4 members (excludes halogenated alkanes) is 8. The van der Waals surface area contributed by atoms with Crippen molar-refractivity contribution in [3.8, 4) is 0 Å². The second-order valence-corrected chi connectivity index (χ2v) is 6.27. The van der Waals surface area contributed by atoms with Gasteiger partial charge in [-0.25, -0.2) is 0 Å². The Labute approximate surface area is 114 Å². The Morgan fingerprint density at radius 3 is 1.83 bits per heavy atom. The first-order valence-corrected chi connectivity index (χ1v) is 8.29. The van der Waals surface area contributed by atoms with Crippen LogP contribution in [-0.2, 0) is 4.79 Å². The highest BCUT2D eigenvalue weighted by molar-refractivity contribution is 5.59. The Balaban J connectivity index is 1.90. The highest BCUT2D eigenvalue weighted by Crippen LogP contribution is 2.40. The molecule has 0 bridgehead atoms. The molecule has 1 aliphatic rings. The van der Waals surface area contributed by atoms with Gasteiger partial charge in [0.1, 0.15) is 6.29 Å². The highest BCUT2D eigenvalue weighted by Gasteiger charge is 2.32. The Morgan fingerprint density at radius 1 is 0.833 bits per heavy atom. The zero-order chi connectivity index (χ0) is 13.1. The van der Waals surface area contributed by atoms with Crippen molar-refractivity contribution < 1.29 is 4.79 Å². The van der Waals surface area contributed by atoms with Gasteiger partial charge in [0, 0.05) is 5.41 Å². The quantitative estimate of drug-likeness (QED) is 0.342. The predicted molar refractivity (Wildman–Crippen MR) is 78.8 cm³/mol. The van der Waals surface area contributed by atoms with Crippen LogP contribution in [0, 0.1) is 5.41 Å². The minimum absolute atomic E-state index is 0.0983. The molecule has 18 heavy (non-hydrogen) atoms. The zero-order valence-corrected chi connectivity index (χ0v) is 12.4. The van der Waals surface area contributed by atoms with E-state index in [0.717, 1.165) is 19.3 Å². The van der Waals surface area contributed by atoms with E-state index in [2.05, 4.69) is 6.92 Å². The van der Waals surface area contributed by atoms with Gasteiger partial charge in [0.15, 0.2) is 0 Å². The van der Waals surface area contributed by atoms with Crippen LogP contribution in [0.3, 0.4) is 0 Å². The summed E-state index contributed by atoms with van der Waals surface area (Å²) in [4.78, 5) is 11.2. The van der Waals surface area contributed by atoms with Crippen molar-refractivity contribution in [2.45, 2.75) is 96.8 Å². The van der Waals surface area contributed by atoms with E-state index < -0.39 is 0 Å². The summed E-state index contributed by atoms with van der Waals surface area (Å²) in [6, 6.07) is 0. The normalized spacial score (nSPS) is 18.1. The fraction of sp³-hybridized carbons (Fsp3) is 0.941. The molecule has 0 aromatic rings. The van der Waals surface area contributed by atoms with Crippen LogP contribution in [0.25, 0.3) is 0 Å².